The van der Waals surface area contributed by atoms with Gasteiger partial charge in [-0.3, -0.25) is 14.2 Å². The lowest BCUT2D eigenvalue weighted by molar-refractivity contribution is 0.0928. The van der Waals surface area contributed by atoms with Crippen LogP contribution in [-0.2, 0) is 20.5 Å². The maximum absolute atomic E-state index is 12.6. The molecule has 1 amide bonds. The number of amides is 1. The zero-order chi connectivity index (χ0) is 16.7. The van der Waals surface area contributed by atoms with Gasteiger partial charge in [0.05, 0.1) is 18.4 Å². The van der Waals surface area contributed by atoms with Crippen molar-refractivity contribution in [2.75, 3.05) is 0 Å². The van der Waals surface area contributed by atoms with Gasteiger partial charge in [-0.25, -0.2) is 4.98 Å². The molecule has 0 bridgehead atoms. The number of nitrogens with zero attached hydrogens (tertiary/aromatic N) is 5. The normalized spacial score (nSPS) is 16.8. The smallest absolute Gasteiger partial charge is 0.271 e. The van der Waals surface area contributed by atoms with Crippen molar-refractivity contribution in [2.24, 2.45) is 14.1 Å². The van der Waals surface area contributed by atoms with Gasteiger partial charge in [-0.2, -0.15) is 10.2 Å². The zero-order valence-corrected chi connectivity index (χ0v) is 14.4. The van der Waals surface area contributed by atoms with E-state index in [4.69, 9.17) is 0 Å². The summed E-state index contributed by atoms with van der Waals surface area (Å²) < 4.78 is 3.62. The minimum Gasteiger partial charge on any atom is -0.344 e. The molecule has 1 aliphatic rings. The molecule has 1 atom stereocenters. The van der Waals surface area contributed by atoms with Gasteiger partial charge < -0.3 is 5.32 Å². The van der Waals surface area contributed by atoms with Gasteiger partial charge in [-0.1, -0.05) is 0 Å². The second-order valence-corrected chi connectivity index (χ2v) is 6.89. The monoisotopic (exact) mass is 342 g/mol. The van der Waals surface area contributed by atoms with Crippen LogP contribution in [0.5, 0.6) is 0 Å². The van der Waals surface area contributed by atoms with E-state index in [9.17, 15) is 4.79 Å². The number of thiazole rings is 1. The molecule has 7 nitrogen and oxygen atoms in total. The Morgan fingerprint density at radius 3 is 3.00 bits per heavy atom. The minimum absolute atomic E-state index is 0.0125. The van der Waals surface area contributed by atoms with Crippen molar-refractivity contribution < 1.29 is 4.79 Å². The third-order valence-corrected chi connectivity index (χ3v) is 5.26. The fourth-order valence-electron chi connectivity index (χ4n) is 3.13. The SMILES string of the molecule is Cn1cc(-c2nc(C(=O)N[C@H]3CCCc4c3cnn4C)cs2)cn1. The Balaban J connectivity index is 1.52. The van der Waals surface area contributed by atoms with Crippen LogP contribution < -0.4 is 5.32 Å². The van der Waals surface area contributed by atoms with Gasteiger partial charge in [-0.05, 0) is 19.3 Å². The Morgan fingerprint density at radius 2 is 2.21 bits per heavy atom. The van der Waals surface area contributed by atoms with Crippen LogP contribution in [-0.4, -0.2) is 30.5 Å². The van der Waals surface area contributed by atoms with Gasteiger partial charge >= 0.3 is 0 Å². The summed E-state index contributed by atoms with van der Waals surface area (Å²) >= 11 is 1.45. The molecule has 8 heteroatoms. The number of nitrogens with one attached hydrogen (secondary N) is 1. The van der Waals surface area contributed by atoms with Crippen LogP contribution in [0.3, 0.4) is 0 Å². The highest BCUT2D eigenvalue weighted by molar-refractivity contribution is 7.13. The Bertz CT molecular complexity index is 892. The van der Waals surface area contributed by atoms with Crippen LogP contribution in [0.25, 0.3) is 10.6 Å². The quantitative estimate of drug-likeness (QED) is 0.790. The Morgan fingerprint density at radius 1 is 1.33 bits per heavy atom. The molecule has 0 unspecified atom stereocenters. The number of fused-ring (bicyclic) bond motifs is 1. The highest BCUT2D eigenvalue weighted by Crippen LogP contribution is 2.30. The summed E-state index contributed by atoms with van der Waals surface area (Å²) in [5.41, 5.74) is 3.71. The Labute approximate surface area is 143 Å². The van der Waals surface area contributed by atoms with E-state index in [2.05, 4.69) is 20.5 Å². The van der Waals surface area contributed by atoms with Gasteiger partial charge in [0.25, 0.3) is 5.91 Å². The van der Waals surface area contributed by atoms with Gasteiger partial charge in [0.2, 0.25) is 0 Å². The number of carbonyl (C=O) groups excluding carboxylic acids is 1. The maximum atomic E-state index is 12.6. The average molecular weight is 342 g/mol. The number of hydrogen-bond donors (Lipinski definition) is 1. The second-order valence-electron chi connectivity index (χ2n) is 6.03. The molecule has 0 aromatic carbocycles. The second kappa shape index (κ2) is 5.86. The highest BCUT2D eigenvalue weighted by Gasteiger charge is 2.25. The summed E-state index contributed by atoms with van der Waals surface area (Å²) in [6, 6.07) is 0.0125. The van der Waals surface area contributed by atoms with E-state index in [-0.39, 0.29) is 11.9 Å². The molecule has 3 aromatic heterocycles. The van der Waals surface area contributed by atoms with Crippen LogP contribution in [0, 0.1) is 0 Å². The summed E-state index contributed by atoms with van der Waals surface area (Å²) in [4.78, 5) is 17.0. The molecule has 0 aliphatic heterocycles. The largest absolute Gasteiger partial charge is 0.344 e. The number of rotatable bonds is 3. The standard InChI is InChI=1S/C16H18N6OS/c1-21-8-10(6-17-21)16-20-13(9-24-16)15(23)19-12-4-3-5-14-11(12)7-18-22(14)2/h6-9,12H,3-5H2,1-2H3,(H,19,23)/t12-/m0/s1. The molecular weight excluding hydrogens is 324 g/mol. The molecule has 3 heterocycles. The molecule has 0 fully saturated rings. The summed E-state index contributed by atoms with van der Waals surface area (Å²) in [6.45, 7) is 0. The first-order chi connectivity index (χ1) is 11.6. The number of carbonyl (C=O) groups is 1. The van der Waals surface area contributed by atoms with Crippen LogP contribution >= 0.6 is 11.3 Å². The van der Waals surface area contributed by atoms with E-state index in [1.807, 2.05) is 31.2 Å². The third-order valence-electron chi connectivity index (χ3n) is 4.37. The van der Waals surface area contributed by atoms with E-state index in [1.165, 1.54) is 17.0 Å². The van der Waals surface area contributed by atoms with Crippen molar-refractivity contribution in [3.05, 3.63) is 40.9 Å². The fourth-order valence-corrected chi connectivity index (χ4v) is 3.91. The van der Waals surface area contributed by atoms with Crippen molar-refractivity contribution in [2.45, 2.75) is 25.3 Å². The van der Waals surface area contributed by atoms with Crippen molar-refractivity contribution in [1.82, 2.24) is 29.9 Å². The zero-order valence-electron chi connectivity index (χ0n) is 13.6. The van der Waals surface area contributed by atoms with Crippen LogP contribution in [0.1, 0.15) is 40.6 Å². The number of hydrogen-bond acceptors (Lipinski definition) is 5. The molecule has 0 radical (unpaired) electrons. The first kappa shape index (κ1) is 15.1. The lowest BCUT2D eigenvalue weighted by Crippen LogP contribution is -2.31. The predicted octanol–water partition coefficient (Wildman–Crippen LogP) is 2.08. The molecule has 124 valence electrons. The predicted molar refractivity (Wildman–Crippen MR) is 90.7 cm³/mol. The molecule has 0 spiro atoms. The summed E-state index contributed by atoms with van der Waals surface area (Å²) in [6.07, 6.45) is 8.51. The summed E-state index contributed by atoms with van der Waals surface area (Å²) in [7, 11) is 3.81. The topological polar surface area (TPSA) is 77.6 Å². The molecule has 1 aliphatic carbocycles. The summed E-state index contributed by atoms with van der Waals surface area (Å²) in [5, 5.41) is 14.2. The maximum Gasteiger partial charge on any atom is 0.271 e. The summed E-state index contributed by atoms with van der Waals surface area (Å²) in [5.74, 6) is -0.136. The highest BCUT2D eigenvalue weighted by atomic mass is 32.1. The van der Waals surface area contributed by atoms with Gasteiger partial charge in [-0.15, -0.1) is 11.3 Å². The van der Waals surface area contributed by atoms with Crippen LogP contribution in [0.2, 0.25) is 0 Å². The third kappa shape index (κ3) is 2.62. The van der Waals surface area contributed by atoms with Crippen molar-refractivity contribution in [3.63, 3.8) is 0 Å². The van der Waals surface area contributed by atoms with Crippen LogP contribution in [0.4, 0.5) is 0 Å². The van der Waals surface area contributed by atoms with Crippen LogP contribution in [0.15, 0.2) is 24.0 Å². The van der Waals surface area contributed by atoms with Crippen molar-refractivity contribution in [1.29, 1.82) is 0 Å². The molecule has 24 heavy (non-hydrogen) atoms. The number of aryl methyl sites for hydroxylation is 2. The lowest BCUT2D eigenvalue weighted by atomic mass is 9.93. The number of aromatic nitrogens is 5. The van der Waals surface area contributed by atoms with E-state index < -0.39 is 0 Å². The first-order valence-corrected chi connectivity index (χ1v) is 8.76. The van der Waals surface area contributed by atoms with Gasteiger partial charge in [0.15, 0.2) is 0 Å². The van der Waals surface area contributed by atoms with Crippen molar-refractivity contribution >= 4 is 17.2 Å². The van der Waals surface area contributed by atoms with E-state index in [0.29, 0.717) is 5.69 Å². The molecular formula is C16H18N6OS. The van der Waals surface area contributed by atoms with E-state index in [1.54, 1.807) is 16.3 Å². The lowest BCUT2D eigenvalue weighted by Gasteiger charge is -2.23. The Hall–Kier alpha value is -2.48. The van der Waals surface area contributed by atoms with Gasteiger partial charge in [0.1, 0.15) is 10.7 Å². The van der Waals surface area contributed by atoms with Gasteiger partial charge in [0, 0.05) is 42.5 Å². The molecule has 0 saturated carbocycles. The molecule has 3 aromatic rings. The molecule has 4 rings (SSSR count). The van der Waals surface area contributed by atoms with Crippen molar-refractivity contribution in [3.8, 4) is 10.6 Å². The average Bonchev–Trinajstić information content (AvgIpc) is 3.28. The van der Waals surface area contributed by atoms with E-state index in [0.717, 1.165) is 35.4 Å². The van der Waals surface area contributed by atoms with E-state index >= 15 is 0 Å². The molecule has 0 saturated heterocycles. The minimum atomic E-state index is -0.136. The first-order valence-electron chi connectivity index (χ1n) is 7.88. The molecule has 1 N–H and O–H groups in total. The Kier molecular flexibility index (Phi) is 3.68. The fraction of sp³-hybridized carbons (Fsp3) is 0.375.